The summed E-state index contributed by atoms with van der Waals surface area (Å²) in [4.78, 5) is 16.5. The molecule has 0 amide bonds. The number of piperazine rings is 2. The fourth-order valence-electron chi connectivity index (χ4n) is 8.60. The largest absolute Gasteiger partial charge is 0.361 e. The minimum absolute atomic E-state index is 0.0549. The number of hydrogen-bond acceptors (Lipinski definition) is 6. The highest BCUT2D eigenvalue weighted by molar-refractivity contribution is 6.31. The highest BCUT2D eigenvalue weighted by Gasteiger charge is 2.34. The highest BCUT2D eigenvalue weighted by atomic mass is 35.5. The predicted octanol–water partition coefficient (Wildman–Crippen LogP) is 14.1. The molecular weight excluding hydrogens is 878 g/mol. The quantitative estimate of drug-likeness (QED) is 0.142. The molecular formula is C52H44Cl4N8. The average Bonchev–Trinajstić information content (AvgIpc) is 3.34. The lowest BCUT2D eigenvalue weighted by molar-refractivity contribution is 0.171. The van der Waals surface area contributed by atoms with Gasteiger partial charge < -0.3 is 9.80 Å². The molecule has 0 saturated carbocycles. The second-order valence-corrected chi connectivity index (χ2v) is 17.6. The van der Waals surface area contributed by atoms with E-state index < -0.39 is 0 Å². The molecule has 6 aromatic carbocycles. The van der Waals surface area contributed by atoms with Crippen molar-refractivity contribution in [2.24, 2.45) is 0 Å². The summed E-state index contributed by atoms with van der Waals surface area (Å²) < 4.78 is 0. The van der Waals surface area contributed by atoms with Crippen molar-refractivity contribution in [3.05, 3.63) is 210 Å². The molecule has 6 aromatic rings. The minimum atomic E-state index is 0.0549. The van der Waals surface area contributed by atoms with Crippen molar-refractivity contribution in [3.63, 3.8) is 0 Å². The van der Waals surface area contributed by atoms with E-state index in [1.54, 1.807) is 12.1 Å². The molecule has 4 atom stereocenters. The van der Waals surface area contributed by atoms with Gasteiger partial charge in [-0.25, -0.2) is 9.69 Å². The van der Waals surface area contributed by atoms with Crippen molar-refractivity contribution in [2.45, 2.75) is 38.0 Å². The molecule has 0 aliphatic carbocycles. The number of halogens is 4. The first-order chi connectivity index (χ1) is 31.0. The summed E-state index contributed by atoms with van der Waals surface area (Å²) in [6, 6.07) is 47.6. The zero-order valence-electron chi connectivity index (χ0n) is 35.3. The summed E-state index contributed by atoms with van der Waals surface area (Å²) in [5, 5.41) is 21.9. The Morgan fingerprint density at radius 1 is 0.500 bits per heavy atom. The zero-order chi connectivity index (χ0) is 45.3. The van der Waals surface area contributed by atoms with E-state index in [4.69, 9.17) is 59.5 Å². The first kappa shape index (κ1) is 46.0. The van der Waals surface area contributed by atoms with Gasteiger partial charge >= 0.3 is 0 Å². The molecule has 0 radical (unpaired) electrons. The predicted molar refractivity (Wildman–Crippen MR) is 261 cm³/mol. The third kappa shape index (κ3) is 10.7. The first-order valence-corrected chi connectivity index (χ1v) is 22.4. The Labute approximate surface area is 396 Å². The lowest BCUT2D eigenvalue weighted by atomic mass is 9.97. The summed E-state index contributed by atoms with van der Waals surface area (Å²) in [6.45, 7) is 23.6. The van der Waals surface area contributed by atoms with Crippen molar-refractivity contribution < 1.29 is 0 Å². The second-order valence-electron chi connectivity index (χ2n) is 15.8. The summed E-state index contributed by atoms with van der Waals surface area (Å²) in [6.07, 6.45) is 0. The van der Waals surface area contributed by atoms with E-state index >= 15 is 0 Å². The Morgan fingerprint density at radius 2 is 0.844 bits per heavy atom. The fourth-order valence-corrected chi connectivity index (χ4v) is 9.20. The molecule has 0 N–H and O–H groups in total. The van der Waals surface area contributed by atoms with Crippen LogP contribution in [0.1, 0.15) is 71.4 Å². The average molecular weight is 923 g/mol. The van der Waals surface area contributed by atoms with Gasteiger partial charge in [0.25, 0.3) is 0 Å². The number of benzene rings is 6. The van der Waals surface area contributed by atoms with Crippen LogP contribution >= 0.6 is 46.4 Å². The lowest BCUT2D eigenvalue weighted by Crippen LogP contribution is -2.49. The fraction of sp³-hybridized carbons (Fsp3) is 0.231. The van der Waals surface area contributed by atoms with Crippen LogP contribution in [0.2, 0.25) is 20.1 Å². The van der Waals surface area contributed by atoms with Crippen molar-refractivity contribution in [2.75, 3.05) is 49.1 Å². The van der Waals surface area contributed by atoms with Gasteiger partial charge in [0.2, 0.25) is 0 Å². The van der Waals surface area contributed by atoms with Crippen LogP contribution in [-0.2, 0) is 0 Å². The summed E-state index contributed by atoms with van der Waals surface area (Å²) >= 11 is 24.6. The van der Waals surface area contributed by atoms with Gasteiger partial charge in [-0.2, -0.15) is 10.5 Å². The number of anilines is 2. The standard InChI is InChI=1S/2C26H22Cl2N4/c2*1-18(19-5-10-24(30-2)11-6-19)31-13-14-32(25-12-9-23(28)15-21(25)16-29)26(17-31)20-3-7-22(27)8-4-20/h2*3-12,15,18,26H,13-14,17H2,1H3/t18-,26+;18-,26-/m10/s1. The van der Waals surface area contributed by atoms with Gasteiger partial charge in [0.1, 0.15) is 12.1 Å². The Bertz CT molecular complexity index is 2540. The number of nitrogens with zero attached hydrogens (tertiary/aromatic N) is 8. The van der Waals surface area contributed by atoms with Gasteiger partial charge in [-0.3, -0.25) is 9.80 Å². The van der Waals surface area contributed by atoms with Crippen LogP contribution in [0.4, 0.5) is 22.7 Å². The van der Waals surface area contributed by atoms with E-state index in [2.05, 4.69) is 79.5 Å². The van der Waals surface area contributed by atoms with Crippen LogP contribution in [0.15, 0.2) is 133 Å². The molecule has 2 aliphatic heterocycles. The van der Waals surface area contributed by atoms with Gasteiger partial charge in [-0.05, 0) is 96.8 Å². The summed E-state index contributed by atoms with van der Waals surface area (Å²) in [7, 11) is 0. The van der Waals surface area contributed by atoms with E-state index in [0.29, 0.717) is 42.6 Å². The van der Waals surface area contributed by atoms with Crippen LogP contribution in [0.3, 0.4) is 0 Å². The smallest absolute Gasteiger partial charge is 0.187 e. The monoisotopic (exact) mass is 920 g/mol. The van der Waals surface area contributed by atoms with E-state index in [-0.39, 0.29) is 24.2 Å². The first-order valence-electron chi connectivity index (χ1n) is 20.9. The Kier molecular flexibility index (Phi) is 15.1. The molecule has 2 aliphatic rings. The molecule has 2 saturated heterocycles. The van der Waals surface area contributed by atoms with Crippen LogP contribution < -0.4 is 9.80 Å². The van der Waals surface area contributed by atoms with Crippen molar-refractivity contribution >= 4 is 69.2 Å². The second kappa shape index (κ2) is 21.1. The normalized spacial score (nSPS) is 17.4. The van der Waals surface area contributed by atoms with Crippen LogP contribution in [0.5, 0.6) is 0 Å². The Hall–Kier alpha value is -6.04. The molecule has 64 heavy (non-hydrogen) atoms. The van der Waals surface area contributed by atoms with E-state index in [0.717, 1.165) is 61.8 Å². The molecule has 0 unspecified atom stereocenters. The molecule has 2 heterocycles. The van der Waals surface area contributed by atoms with Crippen LogP contribution in [-0.4, -0.2) is 49.1 Å². The number of hydrogen-bond donors (Lipinski definition) is 0. The third-order valence-electron chi connectivity index (χ3n) is 12.2. The summed E-state index contributed by atoms with van der Waals surface area (Å²) in [5.74, 6) is 0. The van der Waals surface area contributed by atoms with E-state index in [1.807, 2.05) is 97.1 Å². The van der Waals surface area contributed by atoms with E-state index in [9.17, 15) is 10.5 Å². The molecule has 2 fully saturated rings. The van der Waals surface area contributed by atoms with Gasteiger partial charge in [-0.1, -0.05) is 119 Å². The molecule has 0 spiro atoms. The van der Waals surface area contributed by atoms with Crippen LogP contribution in [0, 0.1) is 35.8 Å². The topological polar surface area (TPSA) is 69.3 Å². The zero-order valence-corrected chi connectivity index (χ0v) is 38.4. The molecule has 8 nitrogen and oxygen atoms in total. The van der Waals surface area contributed by atoms with Gasteiger partial charge in [0.05, 0.1) is 47.7 Å². The maximum absolute atomic E-state index is 9.71. The van der Waals surface area contributed by atoms with Gasteiger partial charge in [-0.15, -0.1) is 0 Å². The van der Waals surface area contributed by atoms with Crippen molar-refractivity contribution in [1.29, 1.82) is 10.5 Å². The maximum atomic E-state index is 9.71. The van der Waals surface area contributed by atoms with Crippen molar-refractivity contribution in [3.8, 4) is 12.1 Å². The van der Waals surface area contributed by atoms with E-state index in [1.165, 1.54) is 11.1 Å². The highest BCUT2D eigenvalue weighted by Crippen LogP contribution is 2.39. The summed E-state index contributed by atoms with van der Waals surface area (Å²) in [5.41, 5.74) is 8.90. The van der Waals surface area contributed by atoms with Crippen LogP contribution in [0.25, 0.3) is 9.69 Å². The molecule has 320 valence electrons. The third-order valence-corrected chi connectivity index (χ3v) is 13.2. The SMILES string of the molecule is [C-]#[N+]c1ccc([C@@H](C)N2CCN(c3ccc(Cl)cc3C#N)[C@H](c3ccc(Cl)cc3)C2)cc1.[C-]#[N+]c1ccc([C@H](C)N2CCN(c3ccc(Cl)cc3C#N)[C@H](c3ccc(Cl)cc3)C2)cc1. The molecule has 8 rings (SSSR count). The number of rotatable bonds is 8. The molecule has 12 heteroatoms. The Balaban J connectivity index is 0.000000191. The molecule has 0 bridgehead atoms. The number of nitriles is 2. The van der Waals surface area contributed by atoms with Gasteiger partial charge in [0.15, 0.2) is 11.4 Å². The Morgan fingerprint density at radius 3 is 1.17 bits per heavy atom. The minimum Gasteiger partial charge on any atom is -0.361 e. The molecule has 0 aromatic heterocycles. The van der Waals surface area contributed by atoms with Crippen molar-refractivity contribution in [1.82, 2.24) is 9.80 Å². The van der Waals surface area contributed by atoms with Gasteiger partial charge in [0, 0.05) is 71.4 Å². The lowest BCUT2D eigenvalue weighted by Gasteiger charge is -2.45. The maximum Gasteiger partial charge on any atom is 0.187 e.